The lowest BCUT2D eigenvalue weighted by atomic mass is 9.87. The van der Waals surface area contributed by atoms with Crippen LogP contribution in [0.4, 0.5) is 0 Å². The maximum absolute atomic E-state index is 11.6. The van der Waals surface area contributed by atoms with Crippen molar-refractivity contribution in [3.05, 3.63) is 35.4 Å². The molecule has 3 rings (SSSR count). The molecule has 24 heavy (non-hydrogen) atoms. The highest BCUT2D eigenvalue weighted by atomic mass is 16.5. The van der Waals surface area contributed by atoms with Gasteiger partial charge in [-0.05, 0) is 30.5 Å². The number of nitrogens with zero attached hydrogens (tertiary/aromatic N) is 2. The van der Waals surface area contributed by atoms with Crippen molar-refractivity contribution in [1.29, 1.82) is 0 Å². The van der Waals surface area contributed by atoms with Crippen molar-refractivity contribution in [3.8, 4) is 0 Å². The van der Waals surface area contributed by atoms with Gasteiger partial charge in [0, 0.05) is 51.3 Å². The summed E-state index contributed by atoms with van der Waals surface area (Å²) in [4.78, 5) is 18.3. The van der Waals surface area contributed by atoms with E-state index in [1.165, 1.54) is 6.42 Å². The summed E-state index contributed by atoms with van der Waals surface area (Å²) < 4.78 is 5.59. The average molecular weight is 330 g/mol. The SMILES string of the molecule is CN=C(NCc1ccc(C(=O)NC)cc1)N1CCC2(CCOC2)C1. The van der Waals surface area contributed by atoms with Crippen molar-refractivity contribution >= 4 is 11.9 Å². The van der Waals surface area contributed by atoms with Gasteiger partial charge in [-0.2, -0.15) is 0 Å². The third-order valence-electron chi connectivity index (χ3n) is 5.03. The number of nitrogens with one attached hydrogen (secondary N) is 2. The highest BCUT2D eigenvalue weighted by Crippen LogP contribution is 2.38. The Morgan fingerprint density at radius 3 is 2.75 bits per heavy atom. The molecule has 1 spiro atoms. The van der Waals surface area contributed by atoms with E-state index in [0.717, 1.165) is 44.2 Å². The first-order valence-electron chi connectivity index (χ1n) is 8.50. The third kappa shape index (κ3) is 3.53. The van der Waals surface area contributed by atoms with Gasteiger partial charge < -0.3 is 20.3 Å². The Bertz CT molecular complexity index is 606. The molecule has 0 aliphatic carbocycles. The van der Waals surface area contributed by atoms with Crippen LogP contribution in [-0.4, -0.2) is 57.2 Å². The summed E-state index contributed by atoms with van der Waals surface area (Å²) in [5.41, 5.74) is 2.13. The maximum atomic E-state index is 11.6. The van der Waals surface area contributed by atoms with Crippen LogP contribution in [0.5, 0.6) is 0 Å². The molecule has 6 heteroatoms. The topological polar surface area (TPSA) is 66.0 Å². The second-order valence-electron chi connectivity index (χ2n) is 6.65. The van der Waals surface area contributed by atoms with E-state index in [0.29, 0.717) is 17.5 Å². The Kier molecular flexibility index (Phi) is 5.04. The number of benzene rings is 1. The minimum atomic E-state index is -0.0635. The zero-order valence-corrected chi connectivity index (χ0v) is 14.5. The molecule has 2 fully saturated rings. The Labute approximate surface area is 143 Å². The van der Waals surface area contributed by atoms with Crippen molar-refractivity contribution in [1.82, 2.24) is 15.5 Å². The number of amides is 1. The molecule has 0 radical (unpaired) electrons. The van der Waals surface area contributed by atoms with Gasteiger partial charge in [-0.3, -0.25) is 9.79 Å². The van der Waals surface area contributed by atoms with E-state index >= 15 is 0 Å². The van der Waals surface area contributed by atoms with Gasteiger partial charge in [0.25, 0.3) is 5.91 Å². The van der Waals surface area contributed by atoms with E-state index in [1.54, 1.807) is 7.05 Å². The Balaban J connectivity index is 1.56. The van der Waals surface area contributed by atoms with Gasteiger partial charge in [0.2, 0.25) is 0 Å². The average Bonchev–Trinajstić information content (AvgIpc) is 3.26. The largest absolute Gasteiger partial charge is 0.381 e. The summed E-state index contributed by atoms with van der Waals surface area (Å²) in [6.07, 6.45) is 2.33. The zero-order chi connectivity index (χ0) is 17.0. The van der Waals surface area contributed by atoms with Gasteiger partial charge >= 0.3 is 0 Å². The van der Waals surface area contributed by atoms with Gasteiger partial charge in [-0.15, -0.1) is 0 Å². The molecule has 6 nitrogen and oxygen atoms in total. The van der Waals surface area contributed by atoms with Crippen molar-refractivity contribution in [2.75, 3.05) is 40.4 Å². The number of guanidine groups is 1. The van der Waals surface area contributed by atoms with E-state index in [9.17, 15) is 4.79 Å². The highest BCUT2D eigenvalue weighted by Gasteiger charge is 2.42. The Hall–Kier alpha value is -2.08. The summed E-state index contributed by atoms with van der Waals surface area (Å²) in [6.45, 7) is 4.50. The molecule has 2 N–H and O–H groups in total. The van der Waals surface area contributed by atoms with Gasteiger partial charge in [0.15, 0.2) is 5.96 Å². The Morgan fingerprint density at radius 2 is 2.12 bits per heavy atom. The fourth-order valence-electron chi connectivity index (χ4n) is 3.52. The molecule has 0 saturated carbocycles. The van der Waals surface area contributed by atoms with E-state index in [-0.39, 0.29) is 5.91 Å². The molecule has 2 heterocycles. The van der Waals surface area contributed by atoms with E-state index in [1.807, 2.05) is 31.3 Å². The molecule has 1 amide bonds. The molecule has 1 aromatic rings. The minimum absolute atomic E-state index is 0.0635. The van der Waals surface area contributed by atoms with Crippen LogP contribution in [0, 0.1) is 5.41 Å². The summed E-state index contributed by atoms with van der Waals surface area (Å²) in [7, 11) is 3.47. The number of rotatable bonds is 3. The van der Waals surface area contributed by atoms with Crippen molar-refractivity contribution < 1.29 is 9.53 Å². The normalized spacial score (nSPS) is 23.8. The second-order valence-corrected chi connectivity index (χ2v) is 6.65. The molecule has 0 bridgehead atoms. The molecule has 2 aliphatic rings. The van der Waals surface area contributed by atoms with Crippen LogP contribution in [0.3, 0.4) is 0 Å². The molecule has 2 saturated heterocycles. The number of aliphatic imine (C=N–C) groups is 1. The highest BCUT2D eigenvalue weighted by molar-refractivity contribution is 5.93. The van der Waals surface area contributed by atoms with Gasteiger partial charge in [-0.25, -0.2) is 0 Å². The standard InChI is InChI=1S/C18H26N4O2/c1-19-16(23)15-5-3-14(4-6-15)11-21-17(20-2)22-9-7-18(12-22)8-10-24-13-18/h3-6H,7-13H2,1-2H3,(H,19,23)(H,20,21). The van der Waals surface area contributed by atoms with Gasteiger partial charge in [0.1, 0.15) is 0 Å². The van der Waals surface area contributed by atoms with Crippen molar-refractivity contribution in [2.24, 2.45) is 10.4 Å². The number of hydrogen-bond donors (Lipinski definition) is 2. The predicted octanol–water partition coefficient (Wildman–Crippen LogP) is 1.23. The molecular formula is C18H26N4O2. The first-order valence-corrected chi connectivity index (χ1v) is 8.50. The number of hydrogen-bond acceptors (Lipinski definition) is 3. The maximum Gasteiger partial charge on any atom is 0.251 e. The molecule has 0 aromatic heterocycles. The molecule has 2 aliphatic heterocycles. The summed E-state index contributed by atoms with van der Waals surface area (Å²) in [5, 5.41) is 6.06. The van der Waals surface area contributed by atoms with Crippen LogP contribution < -0.4 is 10.6 Å². The van der Waals surface area contributed by atoms with Crippen molar-refractivity contribution in [2.45, 2.75) is 19.4 Å². The second kappa shape index (κ2) is 7.21. The van der Waals surface area contributed by atoms with Crippen LogP contribution in [0.15, 0.2) is 29.3 Å². The van der Waals surface area contributed by atoms with E-state index in [2.05, 4.69) is 20.5 Å². The molecule has 130 valence electrons. The summed E-state index contributed by atoms with van der Waals surface area (Å²) >= 11 is 0. The van der Waals surface area contributed by atoms with E-state index < -0.39 is 0 Å². The lowest BCUT2D eigenvalue weighted by Gasteiger charge is -2.25. The van der Waals surface area contributed by atoms with Crippen LogP contribution >= 0.6 is 0 Å². The lowest BCUT2D eigenvalue weighted by Crippen LogP contribution is -2.41. The number of likely N-dealkylation sites (tertiary alicyclic amines) is 1. The first kappa shape index (κ1) is 16.8. The number of carbonyl (C=O) groups excluding carboxylic acids is 1. The predicted molar refractivity (Wildman–Crippen MR) is 94.1 cm³/mol. The smallest absolute Gasteiger partial charge is 0.251 e. The fraction of sp³-hybridized carbons (Fsp3) is 0.556. The van der Waals surface area contributed by atoms with Crippen LogP contribution in [0.25, 0.3) is 0 Å². The molecule has 1 unspecified atom stereocenters. The first-order chi connectivity index (χ1) is 11.7. The number of carbonyl (C=O) groups is 1. The zero-order valence-electron chi connectivity index (χ0n) is 14.5. The van der Waals surface area contributed by atoms with Gasteiger partial charge in [0.05, 0.1) is 6.61 Å². The quantitative estimate of drug-likeness (QED) is 0.646. The number of ether oxygens (including phenoxy) is 1. The van der Waals surface area contributed by atoms with Crippen molar-refractivity contribution in [3.63, 3.8) is 0 Å². The monoisotopic (exact) mass is 330 g/mol. The van der Waals surface area contributed by atoms with E-state index in [4.69, 9.17) is 4.74 Å². The molecular weight excluding hydrogens is 304 g/mol. The lowest BCUT2D eigenvalue weighted by molar-refractivity contribution is 0.0963. The van der Waals surface area contributed by atoms with Crippen LogP contribution in [0.1, 0.15) is 28.8 Å². The van der Waals surface area contributed by atoms with Gasteiger partial charge in [-0.1, -0.05) is 12.1 Å². The third-order valence-corrected chi connectivity index (χ3v) is 5.03. The molecule has 1 aromatic carbocycles. The Morgan fingerprint density at radius 1 is 1.33 bits per heavy atom. The fourth-order valence-corrected chi connectivity index (χ4v) is 3.52. The summed E-state index contributed by atoms with van der Waals surface area (Å²) in [5.74, 6) is 0.876. The van der Waals surface area contributed by atoms with Crippen LogP contribution in [-0.2, 0) is 11.3 Å². The minimum Gasteiger partial charge on any atom is -0.381 e. The van der Waals surface area contributed by atoms with Crippen LogP contribution in [0.2, 0.25) is 0 Å². The summed E-state index contributed by atoms with van der Waals surface area (Å²) in [6, 6.07) is 7.64. The molecule has 1 atom stereocenters.